The minimum atomic E-state index is 0.260. The van der Waals surface area contributed by atoms with E-state index in [0.717, 1.165) is 24.5 Å². The van der Waals surface area contributed by atoms with Crippen molar-refractivity contribution in [1.82, 2.24) is 35.2 Å². The Hall–Kier alpha value is -1.99. The van der Waals surface area contributed by atoms with Crippen molar-refractivity contribution in [3.63, 3.8) is 0 Å². The van der Waals surface area contributed by atoms with Crippen LogP contribution in [-0.4, -0.2) is 35.2 Å². The molecule has 2 rings (SSSR count). The minimum Gasteiger partial charge on any atom is -0.381 e. The smallest absolute Gasteiger partial charge is 0.172 e. The van der Waals surface area contributed by atoms with Crippen LogP contribution in [0.1, 0.15) is 44.6 Å². The molecule has 2 aromatic rings. The number of tetrazole rings is 1. The zero-order valence-electron chi connectivity index (χ0n) is 10.9. The largest absolute Gasteiger partial charge is 0.381 e. The molecule has 8 heteroatoms. The average molecular weight is 250 g/mol. The van der Waals surface area contributed by atoms with Crippen LogP contribution < -0.4 is 5.73 Å². The molecule has 0 radical (unpaired) electrons. The van der Waals surface area contributed by atoms with Crippen molar-refractivity contribution < 1.29 is 0 Å². The van der Waals surface area contributed by atoms with Crippen molar-refractivity contribution in [2.45, 2.75) is 46.2 Å². The van der Waals surface area contributed by atoms with Gasteiger partial charge in [0.15, 0.2) is 11.6 Å². The summed E-state index contributed by atoms with van der Waals surface area (Å²) in [5, 5.41) is 19.6. The van der Waals surface area contributed by atoms with E-state index in [1.54, 1.807) is 9.36 Å². The van der Waals surface area contributed by atoms with Crippen molar-refractivity contribution in [2.24, 2.45) is 0 Å². The third-order valence-corrected chi connectivity index (χ3v) is 2.68. The van der Waals surface area contributed by atoms with Gasteiger partial charge in [0, 0.05) is 6.54 Å². The Balaban J connectivity index is 2.26. The number of nitrogens with two attached hydrogens (primary N) is 1. The molecule has 0 aliphatic heterocycles. The second-order valence-corrected chi connectivity index (χ2v) is 4.49. The van der Waals surface area contributed by atoms with Gasteiger partial charge < -0.3 is 5.73 Å². The third kappa shape index (κ3) is 2.31. The molecule has 0 aliphatic rings. The van der Waals surface area contributed by atoms with Gasteiger partial charge in [0.05, 0.1) is 5.69 Å². The van der Waals surface area contributed by atoms with Crippen LogP contribution in [0.5, 0.6) is 0 Å². The molecule has 0 amide bonds. The zero-order valence-corrected chi connectivity index (χ0v) is 10.9. The maximum atomic E-state index is 5.82. The first kappa shape index (κ1) is 12.5. The van der Waals surface area contributed by atoms with E-state index in [0.29, 0.717) is 12.4 Å². The molecule has 0 unspecified atom stereocenters. The molecule has 8 nitrogen and oxygen atoms in total. The zero-order chi connectivity index (χ0) is 13.1. The van der Waals surface area contributed by atoms with Crippen LogP contribution in [0.25, 0.3) is 0 Å². The molecule has 0 atom stereocenters. The Morgan fingerprint density at radius 1 is 1.17 bits per heavy atom. The summed E-state index contributed by atoms with van der Waals surface area (Å²) in [6.45, 7) is 7.48. The van der Waals surface area contributed by atoms with E-state index in [9.17, 15) is 0 Å². The lowest BCUT2D eigenvalue weighted by molar-refractivity contribution is 0.514. The highest BCUT2D eigenvalue weighted by atomic mass is 15.6. The maximum absolute atomic E-state index is 5.82. The van der Waals surface area contributed by atoms with E-state index in [-0.39, 0.29) is 5.92 Å². The molecule has 0 spiro atoms. The van der Waals surface area contributed by atoms with Crippen LogP contribution in [-0.2, 0) is 13.1 Å². The quantitative estimate of drug-likeness (QED) is 0.825. The van der Waals surface area contributed by atoms with E-state index in [1.807, 2.05) is 0 Å². The number of aromatic nitrogens is 7. The second kappa shape index (κ2) is 5.11. The van der Waals surface area contributed by atoms with Gasteiger partial charge in [-0.2, -0.15) is 0 Å². The number of anilines is 1. The summed E-state index contributed by atoms with van der Waals surface area (Å²) in [5.74, 6) is 1.50. The number of nitrogens with zero attached hydrogens (tertiary/aromatic N) is 7. The first-order valence-corrected chi connectivity index (χ1v) is 6.07. The fourth-order valence-corrected chi connectivity index (χ4v) is 1.90. The van der Waals surface area contributed by atoms with Gasteiger partial charge in [-0.3, -0.25) is 0 Å². The Kier molecular flexibility index (Phi) is 3.54. The van der Waals surface area contributed by atoms with Gasteiger partial charge in [0.2, 0.25) is 0 Å². The molecular weight excluding hydrogens is 232 g/mol. The molecule has 0 saturated carbocycles. The normalized spacial score (nSPS) is 11.3. The summed E-state index contributed by atoms with van der Waals surface area (Å²) in [5.41, 5.74) is 6.73. The van der Waals surface area contributed by atoms with Gasteiger partial charge >= 0.3 is 0 Å². The first-order chi connectivity index (χ1) is 8.63. The maximum Gasteiger partial charge on any atom is 0.172 e. The van der Waals surface area contributed by atoms with Crippen molar-refractivity contribution in [3.05, 3.63) is 11.5 Å². The highest BCUT2D eigenvalue weighted by molar-refractivity contribution is 5.35. The van der Waals surface area contributed by atoms with Crippen LogP contribution in [0.15, 0.2) is 0 Å². The second-order valence-electron chi connectivity index (χ2n) is 4.49. The third-order valence-electron chi connectivity index (χ3n) is 2.68. The molecule has 2 aromatic heterocycles. The summed E-state index contributed by atoms with van der Waals surface area (Å²) in [6.07, 6.45) is 0.981. The van der Waals surface area contributed by atoms with Gasteiger partial charge in [-0.1, -0.05) is 26.0 Å². The van der Waals surface area contributed by atoms with Gasteiger partial charge in [0.1, 0.15) is 6.54 Å². The van der Waals surface area contributed by atoms with E-state index in [1.165, 1.54) is 0 Å². The Bertz CT molecular complexity index is 512. The number of aryl methyl sites for hydroxylation is 1. The fraction of sp³-hybridized carbons (Fsp3) is 0.700. The molecular formula is C10H18N8. The van der Waals surface area contributed by atoms with Crippen LogP contribution in [0.2, 0.25) is 0 Å². The summed E-state index contributed by atoms with van der Waals surface area (Å²) in [7, 11) is 0. The Morgan fingerprint density at radius 2 is 1.94 bits per heavy atom. The molecule has 98 valence electrons. The standard InChI is InChI=1S/C10H18N8/c1-4-5-17-8(12-14-16-17)6-18-9(7(2)3)10(11)13-15-18/h7H,4-6,11H2,1-3H3. The molecule has 2 heterocycles. The highest BCUT2D eigenvalue weighted by Crippen LogP contribution is 2.19. The number of rotatable bonds is 5. The van der Waals surface area contributed by atoms with Crippen LogP contribution in [0.3, 0.4) is 0 Å². The number of hydrogen-bond acceptors (Lipinski definition) is 6. The van der Waals surface area contributed by atoms with E-state index in [4.69, 9.17) is 5.73 Å². The summed E-state index contributed by atoms with van der Waals surface area (Å²) in [6, 6.07) is 0. The molecule has 0 bridgehead atoms. The van der Waals surface area contributed by atoms with Gasteiger partial charge in [-0.15, -0.1) is 10.2 Å². The van der Waals surface area contributed by atoms with E-state index >= 15 is 0 Å². The molecule has 0 saturated heterocycles. The van der Waals surface area contributed by atoms with Crippen LogP contribution in [0.4, 0.5) is 5.82 Å². The van der Waals surface area contributed by atoms with Crippen molar-refractivity contribution in [1.29, 1.82) is 0 Å². The lowest BCUT2D eigenvalue weighted by atomic mass is 10.1. The van der Waals surface area contributed by atoms with Crippen molar-refractivity contribution in [2.75, 3.05) is 5.73 Å². The lowest BCUT2D eigenvalue weighted by Crippen LogP contribution is -2.14. The van der Waals surface area contributed by atoms with Crippen molar-refractivity contribution in [3.8, 4) is 0 Å². The number of nitrogen functional groups attached to an aromatic ring is 1. The van der Waals surface area contributed by atoms with Gasteiger partial charge in [-0.25, -0.2) is 9.36 Å². The van der Waals surface area contributed by atoms with E-state index in [2.05, 4.69) is 46.6 Å². The van der Waals surface area contributed by atoms with Gasteiger partial charge in [-0.05, 0) is 22.8 Å². The van der Waals surface area contributed by atoms with Crippen molar-refractivity contribution >= 4 is 5.82 Å². The Labute approximate surface area is 105 Å². The lowest BCUT2D eigenvalue weighted by Gasteiger charge is -2.09. The van der Waals surface area contributed by atoms with E-state index < -0.39 is 0 Å². The summed E-state index contributed by atoms with van der Waals surface area (Å²) >= 11 is 0. The Morgan fingerprint density at radius 3 is 2.61 bits per heavy atom. The molecule has 2 N–H and O–H groups in total. The molecule has 18 heavy (non-hydrogen) atoms. The SMILES string of the molecule is CCCn1nnnc1Cn1nnc(N)c1C(C)C. The summed E-state index contributed by atoms with van der Waals surface area (Å²) in [4.78, 5) is 0. The van der Waals surface area contributed by atoms with Crippen LogP contribution >= 0.6 is 0 Å². The van der Waals surface area contributed by atoms with Crippen LogP contribution in [0, 0.1) is 0 Å². The monoisotopic (exact) mass is 250 g/mol. The average Bonchev–Trinajstić information content (AvgIpc) is 2.88. The topological polar surface area (TPSA) is 100 Å². The fourth-order valence-electron chi connectivity index (χ4n) is 1.90. The number of hydrogen-bond donors (Lipinski definition) is 1. The highest BCUT2D eigenvalue weighted by Gasteiger charge is 2.16. The summed E-state index contributed by atoms with van der Waals surface area (Å²) < 4.78 is 3.54. The molecule has 0 aliphatic carbocycles. The molecule has 0 aromatic carbocycles. The predicted molar refractivity (Wildman–Crippen MR) is 65.7 cm³/mol. The molecule has 0 fully saturated rings. The predicted octanol–water partition coefficient (Wildman–Crippen LogP) is 0.428. The van der Waals surface area contributed by atoms with Gasteiger partial charge in [0.25, 0.3) is 0 Å². The first-order valence-electron chi connectivity index (χ1n) is 6.07. The minimum absolute atomic E-state index is 0.260.